The topological polar surface area (TPSA) is 66.8 Å². The van der Waals surface area contributed by atoms with Crippen LogP contribution in [-0.4, -0.2) is 30.4 Å². The minimum atomic E-state index is -2.64. The van der Waals surface area contributed by atoms with E-state index in [1.54, 1.807) is 7.11 Å². The van der Waals surface area contributed by atoms with Crippen LogP contribution in [0.3, 0.4) is 0 Å². The maximum Gasteiger partial charge on any atom is 0.194 e. The standard InChI is InChI=1S/C26H31O2P.C2H7O2P/c1-17(2)25-15-23(28-4)11-18(3)26(25)14-20-5-8-21(16-27)22(13-20)12-19-6-9-24(29)10-7-19;1-5(2,3)4/h5-11,13,15,17,27H,12,14,16,29H2,1-4H3;1-2H3,(H,3,4). The molecule has 0 aliphatic carbocycles. The van der Waals surface area contributed by atoms with Crippen LogP contribution >= 0.6 is 16.6 Å². The van der Waals surface area contributed by atoms with Crippen molar-refractivity contribution in [2.75, 3.05) is 20.4 Å². The summed E-state index contributed by atoms with van der Waals surface area (Å²) in [5, 5.41) is 11.0. The predicted octanol–water partition coefficient (Wildman–Crippen LogP) is 5.82. The molecule has 2 N–H and O–H groups in total. The Morgan fingerprint density at radius 1 is 0.941 bits per heavy atom. The van der Waals surface area contributed by atoms with Gasteiger partial charge in [-0.3, -0.25) is 4.57 Å². The number of hydrogen-bond acceptors (Lipinski definition) is 3. The van der Waals surface area contributed by atoms with Crippen molar-refractivity contribution in [3.63, 3.8) is 0 Å². The molecule has 0 spiro atoms. The third kappa shape index (κ3) is 9.01. The molecule has 0 aliphatic heterocycles. The fourth-order valence-corrected chi connectivity index (χ4v) is 4.04. The van der Waals surface area contributed by atoms with Crippen molar-refractivity contribution in [1.29, 1.82) is 0 Å². The third-order valence-corrected chi connectivity index (χ3v) is 5.92. The van der Waals surface area contributed by atoms with Gasteiger partial charge in [-0.15, -0.1) is 9.24 Å². The highest BCUT2D eigenvalue weighted by molar-refractivity contribution is 7.56. The van der Waals surface area contributed by atoms with Gasteiger partial charge in [0.15, 0.2) is 7.37 Å². The van der Waals surface area contributed by atoms with E-state index in [-0.39, 0.29) is 6.61 Å². The first-order chi connectivity index (χ1) is 15.9. The molecule has 0 fully saturated rings. The third-order valence-electron chi connectivity index (χ3n) is 5.53. The molecule has 4 nitrogen and oxygen atoms in total. The maximum absolute atomic E-state index is 9.82. The van der Waals surface area contributed by atoms with Crippen molar-refractivity contribution in [2.45, 2.75) is 46.1 Å². The summed E-state index contributed by atoms with van der Waals surface area (Å²) in [4.78, 5) is 8.08. The average molecular weight is 501 g/mol. The molecule has 34 heavy (non-hydrogen) atoms. The van der Waals surface area contributed by atoms with E-state index in [0.29, 0.717) is 5.92 Å². The minimum absolute atomic E-state index is 0.0656. The Morgan fingerprint density at radius 3 is 2.06 bits per heavy atom. The highest BCUT2D eigenvalue weighted by Crippen LogP contribution is 2.30. The fraction of sp³-hybridized carbons (Fsp3) is 0.357. The Labute approximate surface area is 207 Å². The molecule has 0 radical (unpaired) electrons. The monoisotopic (exact) mass is 500 g/mol. The Kier molecular flexibility index (Phi) is 10.5. The summed E-state index contributed by atoms with van der Waals surface area (Å²) in [6.45, 7) is 9.29. The number of ether oxygens (including phenoxy) is 1. The molecule has 0 aromatic heterocycles. The van der Waals surface area contributed by atoms with Gasteiger partial charge in [0.2, 0.25) is 0 Å². The first-order valence-corrected chi connectivity index (χ1v) is 14.6. The van der Waals surface area contributed by atoms with Gasteiger partial charge in [0.1, 0.15) is 5.75 Å². The first kappa shape index (κ1) is 28.3. The molecule has 184 valence electrons. The van der Waals surface area contributed by atoms with Crippen molar-refractivity contribution < 1.29 is 19.3 Å². The normalized spacial score (nSPS) is 11.2. The molecule has 0 aliphatic rings. The highest BCUT2D eigenvalue weighted by Gasteiger charge is 2.14. The summed E-state index contributed by atoms with van der Waals surface area (Å²) in [6, 6.07) is 19.3. The van der Waals surface area contributed by atoms with Gasteiger partial charge in [0.05, 0.1) is 13.7 Å². The number of aryl methyl sites for hydroxylation is 1. The van der Waals surface area contributed by atoms with Crippen molar-refractivity contribution in [3.05, 3.63) is 93.5 Å². The molecular weight excluding hydrogens is 462 g/mol. The van der Waals surface area contributed by atoms with E-state index < -0.39 is 7.37 Å². The molecule has 6 heteroatoms. The summed E-state index contributed by atoms with van der Waals surface area (Å²) in [5.74, 6) is 1.35. The molecule has 1 atom stereocenters. The van der Waals surface area contributed by atoms with Gasteiger partial charge < -0.3 is 14.7 Å². The zero-order valence-electron chi connectivity index (χ0n) is 21.1. The number of aliphatic hydroxyl groups is 1. The van der Waals surface area contributed by atoms with E-state index in [1.807, 2.05) is 0 Å². The second-order valence-electron chi connectivity index (χ2n) is 9.32. The second kappa shape index (κ2) is 12.7. The van der Waals surface area contributed by atoms with Gasteiger partial charge in [0, 0.05) is 13.3 Å². The summed E-state index contributed by atoms with van der Waals surface area (Å²) >= 11 is 0. The average Bonchev–Trinajstić information content (AvgIpc) is 2.75. The first-order valence-electron chi connectivity index (χ1n) is 11.4. The van der Waals surface area contributed by atoms with E-state index in [2.05, 4.69) is 84.6 Å². The van der Waals surface area contributed by atoms with Crippen LogP contribution in [0.5, 0.6) is 5.75 Å². The molecule has 3 aromatic rings. The largest absolute Gasteiger partial charge is 0.497 e. The molecular formula is C28H38O4P2. The van der Waals surface area contributed by atoms with Crippen LogP contribution in [0.2, 0.25) is 0 Å². The van der Waals surface area contributed by atoms with Gasteiger partial charge in [0.25, 0.3) is 0 Å². The summed E-state index contributed by atoms with van der Waals surface area (Å²) in [7, 11) is 1.81. The van der Waals surface area contributed by atoms with E-state index in [4.69, 9.17) is 9.63 Å². The van der Waals surface area contributed by atoms with Gasteiger partial charge in [-0.2, -0.15) is 0 Å². The van der Waals surface area contributed by atoms with Crippen LogP contribution in [0.1, 0.15) is 58.7 Å². The van der Waals surface area contributed by atoms with Gasteiger partial charge in [-0.05, 0) is 82.1 Å². The zero-order chi connectivity index (χ0) is 25.5. The van der Waals surface area contributed by atoms with Crippen LogP contribution in [0, 0.1) is 6.92 Å². The predicted molar refractivity (Wildman–Crippen MR) is 147 cm³/mol. The molecule has 1 unspecified atom stereocenters. The summed E-state index contributed by atoms with van der Waals surface area (Å²) in [5.41, 5.74) is 8.69. The van der Waals surface area contributed by atoms with Crippen LogP contribution < -0.4 is 10.0 Å². The van der Waals surface area contributed by atoms with Gasteiger partial charge >= 0.3 is 0 Å². The summed E-state index contributed by atoms with van der Waals surface area (Å²) in [6.07, 6.45) is 1.71. The van der Waals surface area contributed by atoms with E-state index >= 15 is 0 Å². The number of benzene rings is 3. The lowest BCUT2D eigenvalue weighted by Gasteiger charge is -2.18. The van der Waals surface area contributed by atoms with Gasteiger partial charge in [-0.25, -0.2) is 0 Å². The SMILES string of the molecule is COc1cc(C)c(Cc2ccc(CO)c(Cc3ccc(P)cc3)c2)c(C(C)C)c1.CP(C)(=O)O. The Morgan fingerprint density at radius 2 is 1.53 bits per heavy atom. The molecule has 3 rings (SSSR count). The Hall–Kier alpha value is -1.96. The lowest BCUT2D eigenvalue weighted by molar-refractivity contribution is 0.281. The molecule has 0 saturated heterocycles. The van der Waals surface area contributed by atoms with Crippen LogP contribution in [-0.2, 0) is 24.0 Å². The molecule has 0 heterocycles. The zero-order valence-corrected chi connectivity index (χ0v) is 23.2. The summed E-state index contributed by atoms with van der Waals surface area (Å²) < 4.78 is 15.3. The fourth-order valence-electron chi connectivity index (χ4n) is 3.85. The van der Waals surface area contributed by atoms with Crippen molar-refractivity contribution in [2.24, 2.45) is 0 Å². The van der Waals surface area contributed by atoms with E-state index in [9.17, 15) is 9.67 Å². The smallest absolute Gasteiger partial charge is 0.194 e. The molecule has 0 saturated carbocycles. The van der Waals surface area contributed by atoms with E-state index in [1.165, 1.54) is 52.0 Å². The highest BCUT2D eigenvalue weighted by atomic mass is 31.2. The van der Waals surface area contributed by atoms with Crippen LogP contribution in [0.15, 0.2) is 54.6 Å². The molecule has 0 bridgehead atoms. The Balaban J connectivity index is 0.000000739. The van der Waals surface area contributed by atoms with Crippen molar-refractivity contribution in [3.8, 4) is 5.75 Å². The van der Waals surface area contributed by atoms with Crippen LogP contribution in [0.25, 0.3) is 0 Å². The number of rotatable bonds is 7. The molecule has 3 aromatic carbocycles. The van der Waals surface area contributed by atoms with E-state index in [0.717, 1.165) is 24.2 Å². The Bertz CT molecular complexity index is 1120. The second-order valence-corrected chi connectivity index (χ2v) is 12.6. The number of aliphatic hydroxyl groups excluding tert-OH is 1. The van der Waals surface area contributed by atoms with Crippen LogP contribution in [0.4, 0.5) is 0 Å². The quantitative estimate of drug-likeness (QED) is 0.402. The van der Waals surface area contributed by atoms with Gasteiger partial charge in [-0.1, -0.05) is 56.3 Å². The maximum atomic E-state index is 9.82. The minimum Gasteiger partial charge on any atom is -0.497 e. The van der Waals surface area contributed by atoms with Crippen molar-refractivity contribution >= 4 is 21.9 Å². The lowest BCUT2D eigenvalue weighted by atomic mass is 9.88. The number of hydrogen-bond donors (Lipinski definition) is 2. The van der Waals surface area contributed by atoms with Crippen molar-refractivity contribution in [1.82, 2.24) is 0 Å². The number of methoxy groups -OCH3 is 1. The molecule has 0 amide bonds. The lowest BCUT2D eigenvalue weighted by Crippen LogP contribution is -2.04.